The van der Waals surface area contributed by atoms with Crippen molar-refractivity contribution >= 4 is 21.4 Å². The molecule has 7 nitrogen and oxygen atoms in total. The van der Waals surface area contributed by atoms with Crippen LogP contribution in [0.4, 0.5) is 15.8 Å². The zero-order chi connectivity index (χ0) is 17.9. The maximum absolute atomic E-state index is 13.8. The molecular formula is C15H15FN2O5S. The highest BCUT2D eigenvalue weighted by atomic mass is 32.2. The molecule has 0 amide bonds. The summed E-state index contributed by atoms with van der Waals surface area (Å²) in [4.78, 5) is 9.98. The van der Waals surface area contributed by atoms with Gasteiger partial charge in [0.1, 0.15) is 0 Å². The van der Waals surface area contributed by atoms with E-state index in [9.17, 15) is 22.9 Å². The Morgan fingerprint density at radius 3 is 2.54 bits per heavy atom. The Hall–Kier alpha value is -2.68. The number of aryl methyl sites for hydroxylation is 1. The molecule has 0 saturated heterocycles. The molecule has 0 unspecified atom stereocenters. The minimum atomic E-state index is -4.09. The fourth-order valence-corrected chi connectivity index (χ4v) is 3.07. The lowest BCUT2D eigenvalue weighted by atomic mass is 10.2. The van der Waals surface area contributed by atoms with Gasteiger partial charge in [-0.2, -0.15) is 0 Å². The molecule has 0 aromatic heterocycles. The van der Waals surface area contributed by atoms with Gasteiger partial charge in [0.05, 0.1) is 22.1 Å². The van der Waals surface area contributed by atoms with Gasteiger partial charge >= 0.3 is 0 Å². The quantitative estimate of drug-likeness (QED) is 0.634. The van der Waals surface area contributed by atoms with Gasteiger partial charge in [0.15, 0.2) is 11.6 Å². The molecule has 0 aliphatic heterocycles. The molecule has 2 rings (SSSR count). The Kier molecular flexibility index (Phi) is 5.03. The van der Waals surface area contributed by atoms with Crippen LogP contribution in [0.25, 0.3) is 0 Å². The number of nitrogens with one attached hydrogen (secondary N) is 1. The summed E-state index contributed by atoms with van der Waals surface area (Å²) in [5.74, 6) is -0.710. The zero-order valence-corrected chi connectivity index (χ0v) is 13.8. The summed E-state index contributed by atoms with van der Waals surface area (Å²) in [6.07, 6.45) is 0. The average molecular weight is 354 g/mol. The van der Waals surface area contributed by atoms with Crippen molar-refractivity contribution in [2.45, 2.75) is 18.7 Å². The summed E-state index contributed by atoms with van der Waals surface area (Å²) >= 11 is 0. The van der Waals surface area contributed by atoms with Crippen LogP contribution in [-0.4, -0.2) is 19.9 Å². The maximum Gasteiger partial charge on any atom is 0.273 e. The van der Waals surface area contributed by atoms with Crippen LogP contribution in [0.2, 0.25) is 0 Å². The second-order valence-corrected chi connectivity index (χ2v) is 6.57. The van der Waals surface area contributed by atoms with Crippen molar-refractivity contribution in [3.05, 3.63) is 57.9 Å². The predicted molar refractivity (Wildman–Crippen MR) is 86.2 cm³/mol. The number of ether oxygens (including phenoxy) is 1. The number of nitrogens with zero attached hydrogens (tertiary/aromatic N) is 1. The molecule has 1 N–H and O–H groups in total. The Balaban J connectivity index is 2.33. The summed E-state index contributed by atoms with van der Waals surface area (Å²) in [5.41, 5.74) is 0.0148. The topological polar surface area (TPSA) is 98.5 Å². The Bertz CT molecular complexity index is 883. The highest BCUT2D eigenvalue weighted by molar-refractivity contribution is 7.92. The number of hydrogen-bond donors (Lipinski definition) is 1. The van der Waals surface area contributed by atoms with Crippen molar-refractivity contribution in [2.24, 2.45) is 0 Å². The average Bonchev–Trinajstić information content (AvgIpc) is 2.49. The highest BCUT2D eigenvalue weighted by Crippen LogP contribution is 2.26. The van der Waals surface area contributed by atoms with Crippen LogP contribution in [-0.2, 0) is 10.0 Å². The van der Waals surface area contributed by atoms with Crippen molar-refractivity contribution in [1.82, 2.24) is 0 Å². The largest absolute Gasteiger partial charge is 0.491 e. The fraction of sp³-hybridized carbons (Fsp3) is 0.200. The lowest BCUT2D eigenvalue weighted by molar-refractivity contribution is -0.385. The monoisotopic (exact) mass is 354 g/mol. The van der Waals surface area contributed by atoms with Crippen LogP contribution in [0.5, 0.6) is 5.75 Å². The Morgan fingerprint density at radius 1 is 1.25 bits per heavy atom. The smallest absolute Gasteiger partial charge is 0.273 e. The van der Waals surface area contributed by atoms with Crippen molar-refractivity contribution in [2.75, 3.05) is 11.3 Å². The Labute approximate surface area is 138 Å². The third-order valence-electron chi connectivity index (χ3n) is 3.17. The molecule has 0 aliphatic carbocycles. The number of rotatable bonds is 6. The normalized spacial score (nSPS) is 11.1. The first-order valence-corrected chi connectivity index (χ1v) is 8.43. The first-order valence-electron chi connectivity index (χ1n) is 6.95. The van der Waals surface area contributed by atoms with Crippen molar-refractivity contribution < 1.29 is 22.5 Å². The molecule has 0 fully saturated rings. The SMILES string of the molecule is CCOc1ccc(NS(=O)(=O)c2ccc(C)c([N+](=O)[O-])c2)cc1F. The van der Waals surface area contributed by atoms with E-state index >= 15 is 0 Å². The van der Waals surface area contributed by atoms with Gasteiger partial charge in [0, 0.05) is 17.7 Å². The summed E-state index contributed by atoms with van der Waals surface area (Å²) in [5, 5.41) is 10.9. The number of nitro benzene ring substituents is 1. The third kappa shape index (κ3) is 3.80. The van der Waals surface area contributed by atoms with Crippen LogP contribution in [0, 0.1) is 22.9 Å². The molecule has 0 heterocycles. The number of nitro groups is 1. The number of anilines is 1. The van der Waals surface area contributed by atoms with Crippen LogP contribution in [0.15, 0.2) is 41.3 Å². The first-order chi connectivity index (χ1) is 11.2. The van der Waals surface area contributed by atoms with Crippen LogP contribution in [0.1, 0.15) is 12.5 Å². The van der Waals surface area contributed by atoms with E-state index in [2.05, 4.69) is 4.72 Å². The first kappa shape index (κ1) is 17.7. The molecule has 0 saturated carbocycles. The van der Waals surface area contributed by atoms with Gasteiger partial charge in [0.25, 0.3) is 15.7 Å². The second kappa shape index (κ2) is 6.83. The molecule has 0 radical (unpaired) electrons. The lowest BCUT2D eigenvalue weighted by Crippen LogP contribution is -2.13. The van der Waals surface area contributed by atoms with Gasteiger partial charge < -0.3 is 4.74 Å². The van der Waals surface area contributed by atoms with E-state index < -0.39 is 20.8 Å². The van der Waals surface area contributed by atoms with Crippen LogP contribution < -0.4 is 9.46 Å². The van der Waals surface area contributed by atoms with Crippen LogP contribution in [0.3, 0.4) is 0 Å². The van der Waals surface area contributed by atoms with E-state index in [1.54, 1.807) is 6.92 Å². The van der Waals surface area contributed by atoms with E-state index in [4.69, 9.17) is 4.74 Å². The van der Waals surface area contributed by atoms with Crippen molar-refractivity contribution in [3.63, 3.8) is 0 Å². The molecule has 24 heavy (non-hydrogen) atoms. The molecule has 0 bridgehead atoms. The van der Waals surface area contributed by atoms with Gasteiger partial charge in [-0.3, -0.25) is 14.8 Å². The van der Waals surface area contributed by atoms with Crippen molar-refractivity contribution in [1.29, 1.82) is 0 Å². The molecule has 0 aliphatic rings. The number of halogens is 1. The van der Waals surface area contributed by atoms with Gasteiger partial charge in [0.2, 0.25) is 0 Å². The Morgan fingerprint density at radius 2 is 1.96 bits per heavy atom. The van der Waals surface area contributed by atoms with Crippen LogP contribution >= 0.6 is 0 Å². The molecule has 2 aromatic rings. The maximum atomic E-state index is 13.8. The minimum Gasteiger partial charge on any atom is -0.491 e. The highest BCUT2D eigenvalue weighted by Gasteiger charge is 2.20. The summed E-state index contributed by atoms with van der Waals surface area (Å²) < 4.78 is 45.7. The fourth-order valence-electron chi connectivity index (χ4n) is 2.00. The predicted octanol–water partition coefficient (Wildman–Crippen LogP) is 3.24. The van der Waals surface area contributed by atoms with Crippen molar-refractivity contribution in [3.8, 4) is 5.75 Å². The van der Waals surface area contributed by atoms with Gasteiger partial charge in [-0.1, -0.05) is 6.07 Å². The van der Waals surface area contributed by atoms with E-state index in [0.717, 1.165) is 12.1 Å². The minimum absolute atomic E-state index is 0.00595. The second-order valence-electron chi connectivity index (χ2n) is 4.89. The molecular weight excluding hydrogens is 339 g/mol. The molecule has 128 valence electrons. The summed E-state index contributed by atoms with van der Waals surface area (Å²) in [6.45, 7) is 3.47. The van der Waals surface area contributed by atoms with E-state index in [1.165, 1.54) is 31.2 Å². The number of sulfonamides is 1. The third-order valence-corrected chi connectivity index (χ3v) is 4.55. The molecule has 2 aromatic carbocycles. The van der Waals surface area contributed by atoms with Gasteiger partial charge in [-0.15, -0.1) is 0 Å². The number of hydrogen-bond acceptors (Lipinski definition) is 5. The van der Waals surface area contributed by atoms with E-state index in [-0.39, 0.29) is 28.6 Å². The summed E-state index contributed by atoms with van der Waals surface area (Å²) in [6, 6.07) is 7.16. The molecule has 0 spiro atoms. The van der Waals surface area contributed by atoms with Gasteiger partial charge in [-0.05, 0) is 32.0 Å². The van der Waals surface area contributed by atoms with Gasteiger partial charge in [-0.25, -0.2) is 12.8 Å². The molecule has 0 atom stereocenters. The number of benzene rings is 2. The van der Waals surface area contributed by atoms with E-state index in [1.807, 2.05) is 0 Å². The summed E-state index contributed by atoms with van der Waals surface area (Å²) in [7, 11) is -4.09. The van der Waals surface area contributed by atoms with E-state index in [0.29, 0.717) is 5.56 Å². The molecule has 9 heteroatoms. The lowest BCUT2D eigenvalue weighted by Gasteiger charge is -2.10. The zero-order valence-electron chi connectivity index (χ0n) is 12.9. The standard InChI is InChI=1S/C15H15FN2O5S/c1-3-23-15-7-5-11(8-13(15)16)17-24(21,22)12-6-4-10(2)14(9-12)18(19)20/h4-9,17H,3H2,1-2H3.